The minimum Gasteiger partial charge on any atom is -0.471 e. The van der Waals surface area contributed by atoms with Crippen molar-refractivity contribution >= 4 is 5.91 Å². The number of aliphatic hydroxyl groups is 1. The molecule has 1 saturated carbocycles. The molecule has 194 valence electrons. The van der Waals surface area contributed by atoms with Gasteiger partial charge in [0.2, 0.25) is 11.8 Å². The predicted octanol–water partition coefficient (Wildman–Crippen LogP) is 4.26. The number of nitrogens with one attached hydrogen (secondary N) is 2. The van der Waals surface area contributed by atoms with E-state index >= 15 is 0 Å². The number of ether oxygens (including phenoxy) is 1. The standard InChI is InChI=1S/C30H34FN3O3/c1-20(35)34-26(16-22-8-10-24(31)11-9-22)28(36)19-32-27-17-30(12-5-13-30)37-29-25(27)15-23(18-33-29)14-21-6-3-2-4-7-21/h2-4,6-11,15,18,26-28,32,36H,5,12-14,16-17,19H2,1H3,(H,34,35)/t26-,27-,28+/m0/s1. The summed E-state index contributed by atoms with van der Waals surface area (Å²) in [6.07, 6.45) is 6.19. The Kier molecular flexibility index (Phi) is 7.53. The van der Waals surface area contributed by atoms with Crippen LogP contribution in [0, 0.1) is 5.82 Å². The summed E-state index contributed by atoms with van der Waals surface area (Å²) in [6, 6.07) is 18.1. The number of carbonyl (C=O) groups is 1. The number of halogens is 1. The van der Waals surface area contributed by atoms with E-state index in [1.165, 1.54) is 24.6 Å². The largest absolute Gasteiger partial charge is 0.471 e. The van der Waals surface area contributed by atoms with E-state index in [2.05, 4.69) is 28.8 Å². The van der Waals surface area contributed by atoms with E-state index in [9.17, 15) is 14.3 Å². The van der Waals surface area contributed by atoms with E-state index in [1.54, 1.807) is 12.1 Å². The third-order valence-corrected chi connectivity index (χ3v) is 7.51. The van der Waals surface area contributed by atoms with Gasteiger partial charge in [0.15, 0.2) is 0 Å². The maximum atomic E-state index is 13.3. The molecule has 3 N–H and O–H groups in total. The molecule has 1 aromatic heterocycles. The average molecular weight is 504 g/mol. The lowest BCUT2D eigenvalue weighted by Gasteiger charge is -2.47. The molecule has 0 bridgehead atoms. The Hall–Kier alpha value is -3.29. The molecule has 2 aliphatic rings. The molecule has 6 nitrogen and oxygen atoms in total. The van der Waals surface area contributed by atoms with Gasteiger partial charge in [0.25, 0.3) is 0 Å². The molecule has 1 fully saturated rings. The van der Waals surface area contributed by atoms with Gasteiger partial charge in [0.1, 0.15) is 11.4 Å². The summed E-state index contributed by atoms with van der Waals surface area (Å²) in [5, 5.41) is 17.5. The number of nitrogens with zero attached hydrogens (tertiary/aromatic N) is 1. The second-order valence-electron chi connectivity index (χ2n) is 10.4. The Bertz CT molecular complexity index is 1210. The first-order valence-electron chi connectivity index (χ1n) is 13.0. The lowest BCUT2D eigenvalue weighted by molar-refractivity contribution is -0.120. The second-order valence-corrected chi connectivity index (χ2v) is 10.4. The smallest absolute Gasteiger partial charge is 0.218 e. The molecule has 2 heterocycles. The van der Waals surface area contributed by atoms with E-state index in [1.807, 2.05) is 24.4 Å². The molecule has 5 rings (SSSR count). The zero-order valence-electron chi connectivity index (χ0n) is 21.1. The Morgan fingerprint density at radius 1 is 1.14 bits per heavy atom. The summed E-state index contributed by atoms with van der Waals surface area (Å²) in [4.78, 5) is 16.6. The van der Waals surface area contributed by atoms with Crippen LogP contribution in [0.5, 0.6) is 5.88 Å². The van der Waals surface area contributed by atoms with Gasteiger partial charge in [-0.15, -0.1) is 0 Å². The van der Waals surface area contributed by atoms with Crippen molar-refractivity contribution in [2.75, 3.05) is 6.54 Å². The van der Waals surface area contributed by atoms with Crippen molar-refractivity contribution in [2.24, 2.45) is 0 Å². The molecular formula is C30H34FN3O3. The fourth-order valence-electron chi connectivity index (χ4n) is 5.39. The third-order valence-electron chi connectivity index (χ3n) is 7.51. The fourth-order valence-corrected chi connectivity index (χ4v) is 5.39. The monoisotopic (exact) mass is 503 g/mol. The normalized spacial score (nSPS) is 19.3. The quantitative estimate of drug-likeness (QED) is 0.407. The predicted molar refractivity (Wildman–Crippen MR) is 140 cm³/mol. The van der Waals surface area contributed by atoms with Crippen LogP contribution in [0.1, 0.15) is 60.9 Å². The van der Waals surface area contributed by atoms with Crippen LogP contribution < -0.4 is 15.4 Å². The van der Waals surface area contributed by atoms with Crippen molar-refractivity contribution in [1.82, 2.24) is 15.6 Å². The first kappa shape index (κ1) is 25.4. The summed E-state index contributed by atoms with van der Waals surface area (Å²) in [6.45, 7) is 1.72. The Morgan fingerprint density at radius 2 is 1.89 bits per heavy atom. The number of amides is 1. The molecule has 1 spiro atoms. The molecule has 2 aromatic carbocycles. The molecule has 1 aliphatic heterocycles. The molecule has 7 heteroatoms. The SMILES string of the molecule is CC(=O)N[C@@H](Cc1ccc(F)cc1)[C@H](O)CN[C@H]1CC2(CCC2)Oc2ncc(Cc3ccccc3)cc21. The van der Waals surface area contributed by atoms with Gasteiger partial charge in [0, 0.05) is 37.7 Å². The number of aromatic nitrogens is 1. The molecule has 3 atom stereocenters. The summed E-state index contributed by atoms with van der Waals surface area (Å²) < 4.78 is 19.7. The van der Waals surface area contributed by atoms with Crippen LogP contribution >= 0.6 is 0 Å². The van der Waals surface area contributed by atoms with Crippen molar-refractivity contribution < 1.29 is 19.0 Å². The third kappa shape index (κ3) is 6.17. The number of benzene rings is 2. The van der Waals surface area contributed by atoms with Gasteiger partial charge in [-0.05, 0) is 67.0 Å². The zero-order chi connectivity index (χ0) is 25.8. The summed E-state index contributed by atoms with van der Waals surface area (Å²) in [5.41, 5.74) is 3.98. The zero-order valence-corrected chi connectivity index (χ0v) is 21.1. The van der Waals surface area contributed by atoms with Gasteiger partial charge in [0.05, 0.1) is 12.1 Å². The highest BCUT2D eigenvalue weighted by Crippen LogP contribution is 2.48. The number of fused-ring (bicyclic) bond motifs is 1. The highest BCUT2D eigenvalue weighted by atomic mass is 19.1. The molecule has 1 aliphatic carbocycles. The first-order valence-corrected chi connectivity index (χ1v) is 13.0. The molecule has 0 saturated heterocycles. The van der Waals surface area contributed by atoms with E-state index in [4.69, 9.17) is 9.72 Å². The Morgan fingerprint density at radius 3 is 2.57 bits per heavy atom. The van der Waals surface area contributed by atoms with Crippen molar-refractivity contribution in [1.29, 1.82) is 0 Å². The van der Waals surface area contributed by atoms with Crippen LogP contribution in [0.15, 0.2) is 66.9 Å². The van der Waals surface area contributed by atoms with Gasteiger partial charge in [-0.1, -0.05) is 42.5 Å². The lowest BCUT2D eigenvalue weighted by atomic mass is 9.73. The number of hydrogen-bond donors (Lipinski definition) is 3. The van der Waals surface area contributed by atoms with Gasteiger partial charge in [-0.3, -0.25) is 4.79 Å². The van der Waals surface area contributed by atoms with E-state index in [0.29, 0.717) is 12.3 Å². The van der Waals surface area contributed by atoms with E-state index < -0.39 is 12.1 Å². The fraction of sp³-hybridized carbons (Fsp3) is 0.400. The highest BCUT2D eigenvalue weighted by Gasteiger charge is 2.46. The number of aliphatic hydroxyl groups excluding tert-OH is 1. The van der Waals surface area contributed by atoms with Crippen molar-refractivity contribution in [2.45, 2.75) is 69.2 Å². The molecule has 37 heavy (non-hydrogen) atoms. The molecule has 0 radical (unpaired) electrons. The van der Waals surface area contributed by atoms with Gasteiger partial charge < -0.3 is 20.5 Å². The topological polar surface area (TPSA) is 83.5 Å². The van der Waals surface area contributed by atoms with Crippen molar-refractivity contribution in [3.05, 3.63) is 94.9 Å². The van der Waals surface area contributed by atoms with Gasteiger partial charge in [-0.25, -0.2) is 9.37 Å². The van der Waals surface area contributed by atoms with Crippen LogP contribution in [0.3, 0.4) is 0 Å². The van der Waals surface area contributed by atoms with Gasteiger partial charge in [-0.2, -0.15) is 0 Å². The molecular weight excluding hydrogens is 469 g/mol. The van der Waals surface area contributed by atoms with Crippen LogP contribution in [0.25, 0.3) is 0 Å². The van der Waals surface area contributed by atoms with E-state index in [-0.39, 0.29) is 29.9 Å². The molecule has 0 unspecified atom stereocenters. The summed E-state index contributed by atoms with van der Waals surface area (Å²) in [7, 11) is 0. The lowest BCUT2D eigenvalue weighted by Crippen LogP contribution is -2.52. The van der Waals surface area contributed by atoms with Crippen molar-refractivity contribution in [3.8, 4) is 5.88 Å². The molecule has 3 aromatic rings. The maximum Gasteiger partial charge on any atom is 0.218 e. The number of rotatable bonds is 9. The first-order chi connectivity index (χ1) is 17.9. The molecule has 1 amide bonds. The Labute approximate surface area is 217 Å². The van der Waals surface area contributed by atoms with Crippen molar-refractivity contribution in [3.63, 3.8) is 0 Å². The van der Waals surface area contributed by atoms with Crippen LogP contribution in [-0.4, -0.2) is 40.3 Å². The van der Waals surface area contributed by atoms with Crippen LogP contribution in [0.4, 0.5) is 4.39 Å². The van der Waals surface area contributed by atoms with Crippen LogP contribution in [0.2, 0.25) is 0 Å². The second kappa shape index (κ2) is 11.0. The number of carbonyl (C=O) groups excluding carboxylic acids is 1. The Balaban J connectivity index is 1.32. The van der Waals surface area contributed by atoms with Crippen LogP contribution in [-0.2, 0) is 17.6 Å². The average Bonchev–Trinajstić information content (AvgIpc) is 2.87. The minimum atomic E-state index is -0.835. The minimum absolute atomic E-state index is 0.0225. The van der Waals surface area contributed by atoms with Gasteiger partial charge >= 0.3 is 0 Å². The van der Waals surface area contributed by atoms with E-state index in [0.717, 1.165) is 48.8 Å². The highest BCUT2D eigenvalue weighted by molar-refractivity contribution is 5.73. The number of pyridine rings is 1. The maximum absolute atomic E-state index is 13.3. The summed E-state index contributed by atoms with van der Waals surface area (Å²) >= 11 is 0. The number of hydrogen-bond acceptors (Lipinski definition) is 5. The summed E-state index contributed by atoms with van der Waals surface area (Å²) in [5.74, 6) is 0.135.